The van der Waals surface area contributed by atoms with Crippen LogP contribution in [0.3, 0.4) is 0 Å². The van der Waals surface area contributed by atoms with E-state index in [1.165, 1.54) is 0 Å². The summed E-state index contributed by atoms with van der Waals surface area (Å²) in [4.78, 5) is 11.9. The number of rotatable bonds is 3. The van der Waals surface area contributed by atoms with Crippen LogP contribution in [0.25, 0.3) is 0 Å². The van der Waals surface area contributed by atoms with Crippen molar-refractivity contribution in [1.29, 1.82) is 0 Å². The fourth-order valence-corrected chi connectivity index (χ4v) is 2.29. The molecule has 0 heterocycles. The lowest BCUT2D eigenvalue weighted by atomic mass is 10.2. The van der Waals surface area contributed by atoms with E-state index in [4.69, 9.17) is 11.6 Å². The monoisotopic (exact) mass is 384 g/mol. The van der Waals surface area contributed by atoms with E-state index in [2.05, 4.69) is 33.1 Å². The van der Waals surface area contributed by atoms with Gasteiger partial charge in [0.15, 0.2) is 0 Å². The van der Waals surface area contributed by atoms with Gasteiger partial charge in [-0.1, -0.05) is 35.9 Å². The van der Waals surface area contributed by atoms with Crippen LogP contribution in [0.15, 0.2) is 53.6 Å². The second-order valence-corrected chi connectivity index (χ2v) is 5.33. The van der Waals surface area contributed by atoms with Crippen LogP contribution in [0.4, 0.5) is 0 Å². The van der Waals surface area contributed by atoms with Gasteiger partial charge in [0.25, 0.3) is 5.91 Å². The van der Waals surface area contributed by atoms with Gasteiger partial charge in [0.2, 0.25) is 0 Å². The molecule has 0 radical (unpaired) electrons. The Labute approximate surface area is 129 Å². The first-order chi connectivity index (χ1) is 9.16. The van der Waals surface area contributed by atoms with Crippen LogP contribution in [0.1, 0.15) is 15.9 Å². The highest BCUT2D eigenvalue weighted by Gasteiger charge is 2.07. The van der Waals surface area contributed by atoms with Crippen molar-refractivity contribution >= 4 is 46.3 Å². The summed E-state index contributed by atoms with van der Waals surface area (Å²) in [6.45, 7) is 0. The number of hydrazone groups is 1. The van der Waals surface area contributed by atoms with E-state index in [9.17, 15) is 4.79 Å². The Bertz CT molecular complexity index is 628. The molecule has 0 aliphatic heterocycles. The molecular weight excluding hydrogens is 375 g/mol. The van der Waals surface area contributed by atoms with Gasteiger partial charge in [0.1, 0.15) is 0 Å². The highest BCUT2D eigenvalue weighted by Crippen LogP contribution is 2.11. The van der Waals surface area contributed by atoms with Gasteiger partial charge in [-0.25, -0.2) is 5.43 Å². The summed E-state index contributed by atoms with van der Waals surface area (Å²) in [6, 6.07) is 14.6. The molecule has 0 unspecified atom stereocenters. The third-order valence-corrected chi connectivity index (χ3v) is 3.52. The molecule has 1 amide bonds. The topological polar surface area (TPSA) is 41.5 Å². The van der Waals surface area contributed by atoms with Crippen molar-refractivity contribution in [2.75, 3.05) is 0 Å². The number of hydrogen-bond acceptors (Lipinski definition) is 2. The van der Waals surface area contributed by atoms with E-state index in [1.807, 2.05) is 30.3 Å². The summed E-state index contributed by atoms with van der Waals surface area (Å²) in [7, 11) is 0. The minimum absolute atomic E-state index is 0.233. The Kier molecular flexibility index (Phi) is 4.93. The number of hydrogen-bond donors (Lipinski definition) is 1. The maximum atomic E-state index is 11.9. The molecule has 96 valence electrons. The molecule has 0 aliphatic rings. The zero-order chi connectivity index (χ0) is 13.7. The molecule has 0 aliphatic carbocycles. The second kappa shape index (κ2) is 6.68. The Morgan fingerprint density at radius 1 is 1.21 bits per heavy atom. The summed E-state index contributed by atoms with van der Waals surface area (Å²) in [5.74, 6) is -0.233. The Hall–Kier alpha value is -1.40. The highest BCUT2D eigenvalue weighted by atomic mass is 127. The lowest BCUT2D eigenvalue weighted by molar-refractivity contribution is 0.0954. The largest absolute Gasteiger partial charge is 0.272 e. The fraction of sp³-hybridized carbons (Fsp3) is 0. The molecule has 1 N–H and O–H groups in total. The van der Waals surface area contributed by atoms with Crippen molar-refractivity contribution in [3.63, 3.8) is 0 Å². The first-order valence-corrected chi connectivity index (χ1v) is 6.96. The number of carbonyl (C=O) groups excluding carboxylic acids is 1. The number of nitrogens with zero attached hydrogens (tertiary/aromatic N) is 1. The van der Waals surface area contributed by atoms with E-state index < -0.39 is 0 Å². The molecule has 2 rings (SSSR count). The van der Waals surface area contributed by atoms with Gasteiger partial charge in [0.05, 0.1) is 11.8 Å². The molecule has 3 nitrogen and oxygen atoms in total. The third-order valence-electron chi connectivity index (χ3n) is 2.35. The van der Waals surface area contributed by atoms with Crippen molar-refractivity contribution in [2.24, 2.45) is 5.10 Å². The van der Waals surface area contributed by atoms with Gasteiger partial charge < -0.3 is 0 Å². The van der Waals surface area contributed by atoms with Crippen molar-refractivity contribution in [1.82, 2.24) is 5.43 Å². The molecule has 0 spiro atoms. The summed E-state index contributed by atoms with van der Waals surface area (Å²) in [5, 5.41) is 4.55. The zero-order valence-corrected chi connectivity index (χ0v) is 12.7. The number of nitrogens with one attached hydrogen (secondary N) is 1. The smallest absolute Gasteiger partial charge is 0.267 e. The maximum absolute atomic E-state index is 11.9. The second-order valence-electron chi connectivity index (χ2n) is 3.73. The van der Waals surface area contributed by atoms with Crippen LogP contribution in [0, 0.1) is 3.57 Å². The average Bonchev–Trinajstić information content (AvgIpc) is 2.39. The van der Waals surface area contributed by atoms with E-state index >= 15 is 0 Å². The number of amides is 1. The average molecular weight is 385 g/mol. The predicted molar refractivity (Wildman–Crippen MR) is 85.7 cm³/mol. The summed E-state index contributed by atoms with van der Waals surface area (Å²) in [5.41, 5.74) is 3.92. The highest BCUT2D eigenvalue weighted by molar-refractivity contribution is 14.1. The van der Waals surface area contributed by atoms with E-state index in [-0.39, 0.29) is 5.91 Å². The van der Waals surface area contributed by atoms with E-state index in [1.54, 1.807) is 24.4 Å². The minimum Gasteiger partial charge on any atom is -0.267 e. The lowest BCUT2D eigenvalue weighted by Crippen LogP contribution is -2.18. The number of halogens is 2. The van der Waals surface area contributed by atoms with Crippen LogP contribution in [-0.2, 0) is 0 Å². The van der Waals surface area contributed by atoms with Crippen molar-refractivity contribution < 1.29 is 4.79 Å². The van der Waals surface area contributed by atoms with Crippen LogP contribution < -0.4 is 5.43 Å². The quantitative estimate of drug-likeness (QED) is 0.489. The molecule has 0 atom stereocenters. The van der Waals surface area contributed by atoms with Gasteiger partial charge in [-0.3, -0.25) is 4.79 Å². The SMILES string of the molecule is O=C(N/N=C\c1cccc(Cl)c1)c1ccccc1I. The lowest BCUT2D eigenvalue weighted by Gasteiger charge is -2.01. The summed E-state index contributed by atoms with van der Waals surface area (Å²) >= 11 is 7.97. The van der Waals surface area contributed by atoms with Crippen LogP contribution in [-0.4, -0.2) is 12.1 Å². The predicted octanol–water partition coefficient (Wildman–Crippen LogP) is 3.71. The molecule has 5 heteroatoms. The number of benzene rings is 2. The molecule has 0 saturated heterocycles. The Morgan fingerprint density at radius 3 is 2.74 bits per heavy atom. The van der Waals surface area contributed by atoms with E-state index in [0.29, 0.717) is 10.6 Å². The summed E-state index contributed by atoms with van der Waals surface area (Å²) < 4.78 is 0.885. The Balaban J connectivity index is 2.03. The standard InChI is InChI=1S/C14H10ClIN2O/c15-11-5-3-4-10(8-11)9-17-18-14(19)12-6-1-2-7-13(12)16/h1-9H,(H,18,19)/b17-9-. The fourth-order valence-electron chi connectivity index (χ4n) is 1.46. The van der Waals surface area contributed by atoms with Crippen molar-refractivity contribution in [3.05, 3.63) is 68.3 Å². The van der Waals surface area contributed by atoms with Crippen LogP contribution in [0.2, 0.25) is 5.02 Å². The molecule has 0 bridgehead atoms. The minimum atomic E-state index is -0.233. The molecule has 0 aromatic heterocycles. The van der Waals surface area contributed by atoms with Gasteiger partial charge in [-0.15, -0.1) is 0 Å². The van der Waals surface area contributed by atoms with E-state index in [0.717, 1.165) is 9.13 Å². The first-order valence-electron chi connectivity index (χ1n) is 5.50. The van der Waals surface area contributed by atoms with Crippen LogP contribution in [0.5, 0.6) is 0 Å². The maximum Gasteiger partial charge on any atom is 0.272 e. The molecule has 0 fully saturated rings. The number of carbonyl (C=O) groups is 1. The van der Waals surface area contributed by atoms with Gasteiger partial charge in [-0.2, -0.15) is 5.10 Å². The molecule has 2 aromatic carbocycles. The zero-order valence-electron chi connectivity index (χ0n) is 9.81. The van der Waals surface area contributed by atoms with Crippen LogP contribution >= 0.6 is 34.2 Å². The van der Waals surface area contributed by atoms with Gasteiger partial charge in [-0.05, 0) is 52.4 Å². The van der Waals surface area contributed by atoms with Gasteiger partial charge >= 0.3 is 0 Å². The molecule has 0 saturated carbocycles. The molecular formula is C14H10ClIN2O. The van der Waals surface area contributed by atoms with Crippen molar-refractivity contribution in [3.8, 4) is 0 Å². The van der Waals surface area contributed by atoms with Crippen molar-refractivity contribution in [2.45, 2.75) is 0 Å². The Morgan fingerprint density at radius 2 is 2.00 bits per heavy atom. The van der Waals surface area contributed by atoms with Gasteiger partial charge in [0, 0.05) is 8.59 Å². The molecule has 19 heavy (non-hydrogen) atoms. The third kappa shape index (κ3) is 4.04. The first kappa shape index (κ1) is 14.0. The normalized spacial score (nSPS) is 10.6. The molecule has 2 aromatic rings. The summed E-state index contributed by atoms with van der Waals surface area (Å²) in [6.07, 6.45) is 1.56.